The summed E-state index contributed by atoms with van der Waals surface area (Å²) in [6.45, 7) is 2.74. The van der Waals surface area contributed by atoms with Gasteiger partial charge in [0.15, 0.2) is 5.78 Å². The van der Waals surface area contributed by atoms with Crippen LogP contribution in [-0.2, 0) is 16.1 Å². The Bertz CT molecular complexity index is 2030. The molecule has 0 unspecified atom stereocenters. The van der Waals surface area contributed by atoms with E-state index in [1.807, 2.05) is 79.7 Å². The van der Waals surface area contributed by atoms with Gasteiger partial charge in [-0.3, -0.25) is 14.4 Å². The molecule has 0 spiro atoms. The van der Waals surface area contributed by atoms with Gasteiger partial charge in [0.25, 0.3) is 0 Å². The molecule has 42 heavy (non-hydrogen) atoms. The molecule has 7 nitrogen and oxygen atoms in total. The van der Waals surface area contributed by atoms with Crippen molar-refractivity contribution < 1.29 is 24.3 Å². The number of carbonyl (C=O) groups excluding carboxylic acids is 3. The maximum atomic E-state index is 14.2. The highest BCUT2D eigenvalue weighted by atomic mass is 16.5. The average molecular weight is 557 g/mol. The number of aryl methyl sites for hydroxylation is 1. The van der Waals surface area contributed by atoms with Crippen molar-refractivity contribution in [2.45, 2.75) is 26.3 Å². The summed E-state index contributed by atoms with van der Waals surface area (Å²) in [6, 6.07) is 29.0. The lowest BCUT2D eigenvalue weighted by Gasteiger charge is -2.11. The van der Waals surface area contributed by atoms with Crippen molar-refractivity contribution in [2.75, 3.05) is 7.11 Å². The van der Waals surface area contributed by atoms with E-state index in [9.17, 15) is 19.6 Å². The van der Waals surface area contributed by atoms with Crippen molar-refractivity contribution in [1.29, 1.82) is 0 Å². The zero-order valence-electron chi connectivity index (χ0n) is 23.3. The summed E-state index contributed by atoms with van der Waals surface area (Å²) >= 11 is 0. The van der Waals surface area contributed by atoms with Crippen molar-refractivity contribution in [3.8, 4) is 0 Å². The van der Waals surface area contributed by atoms with Crippen LogP contribution in [0, 0.1) is 0 Å². The standard InChI is InChI=1S/C35H28N2O5/c1-3-37-30-15-12-23(34(39)29(36-41)14-17-32(38)42-2)19-27(30)28-20-24(13-16-31(28)37)35(40)33-25-10-6-4-8-21(25)18-22-9-5-7-11-26(22)33/h4-13,15-16,18-20,41H,3,14,17H2,1-2H3/b36-29+. The van der Waals surface area contributed by atoms with Crippen molar-refractivity contribution in [2.24, 2.45) is 5.16 Å². The van der Waals surface area contributed by atoms with Crippen LogP contribution in [0.15, 0.2) is 96.2 Å². The fraction of sp³-hybridized carbons (Fsp3) is 0.143. The fourth-order valence-electron chi connectivity index (χ4n) is 5.83. The van der Waals surface area contributed by atoms with E-state index in [1.54, 1.807) is 12.1 Å². The molecule has 6 rings (SSSR count). The first-order chi connectivity index (χ1) is 20.4. The highest BCUT2D eigenvalue weighted by Gasteiger charge is 2.21. The minimum absolute atomic E-state index is 0.0472. The number of carbonyl (C=O) groups is 3. The fourth-order valence-corrected chi connectivity index (χ4v) is 5.83. The summed E-state index contributed by atoms with van der Waals surface area (Å²) in [5.74, 6) is -1.05. The number of nitrogens with zero attached hydrogens (tertiary/aromatic N) is 2. The van der Waals surface area contributed by atoms with Gasteiger partial charge in [0, 0.05) is 51.5 Å². The van der Waals surface area contributed by atoms with E-state index >= 15 is 0 Å². The predicted octanol–water partition coefficient (Wildman–Crippen LogP) is 7.32. The van der Waals surface area contributed by atoms with Gasteiger partial charge in [0.1, 0.15) is 5.71 Å². The zero-order chi connectivity index (χ0) is 29.4. The monoisotopic (exact) mass is 556 g/mol. The van der Waals surface area contributed by atoms with Crippen LogP contribution in [0.4, 0.5) is 0 Å². The maximum absolute atomic E-state index is 14.2. The van der Waals surface area contributed by atoms with E-state index in [1.165, 1.54) is 7.11 Å². The summed E-state index contributed by atoms with van der Waals surface area (Å²) in [4.78, 5) is 39.1. The van der Waals surface area contributed by atoms with E-state index in [4.69, 9.17) is 0 Å². The van der Waals surface area contributed by atoms with Crippen LogP contribution in [0.1, 0.15) is 46.0 Å². The van der Waals surface area contributed by atoms with E-state index in [2.05, 4.69) is 20.5 Å². The SMILES string of the molecule is CCn1c2ccc(C(=O)/C(CCC(=O)OC)=N/O)cc2c2cc(C(=O)c3c4ccccc4cc4ccccc34)ccc21. The molecule has 6 aromatic rings. The van der Waals surface area contributed by atoms with Crippen LogP contribution < -0.4 is 0 Å². The van der Waals surface area contributed by atoms with Crippen LogP contribution in [0.25, 0.3) is 43.4 Å². The Morgan fingerprint density at radius 3 is 1.88 bits per heavy atom. The number of ketones is 2. The predicted molar refractivity (Wildman–Crippen MR) is 165 cm³/mol. The second kappa shape index (κ2) is 10.9. The minimum atomic E-state index is -0.499. The van der Waals surface area contributed by atoms with Gasteiger partial charge in [-0.05, 0) is 70.9 Å². The molecule has 0 amide bonds. The molecule has 208 valence electrons. The summed E-state index contributed by atoms with van der Waals surface area (Å²) in [7, 11) is 1.26. The molecule has 0 saturated heterocycles. The Balaban J connectivity index is 1.49. The molecule has 0 atom stereocenters. The lowest BCUT2D eigenvalue weighted by atomic mass is 9.91. The number of rotatable bonds is 8. The first kappa shape index (κ1) is 26.9. The third kappa shape index (κ3) is 4.49. The molecule has 0 aliphatic rings. The number of methoxy groups -OCH3 is 1. The molecule has 0 saturated carbocycles. The molecular weight excluding hydrogens is 528 g/mol. The molecule has 0 bridgehead atoms. The second-order valence-corrected chi connectivity index (χ2v) is 10.2. The molecule has 7 heteroatoms. The highest BCUT2D eigenvalue weighted by Crippen LogP contribution is 2.34. The lowest BCUT2D eigenvalue weighted by Crippen LogP contribution is -2.16. The van der Waals surface area contributed by atoms with Gasteiger partial charge in [-0.15, -0.1) is 0 Å². The number of ether oxygens (including phenoxy) is 1. The van der Waals surface area contributed by atoms with Gasteiger partial charge in [-0.2, -0.15) is 0 Å². The summed E-state index contributed by atoms with van der Waals surface area (Å²) in [5.41, 5.74) is 3.27. The molecule has 0 radical (unpaired) electrons. The minimum Gasteiger partial charge on any atom is -0.469 e. The number of aromatic nitrogens is 1. The third-order valence-electron chi connectivity index (χ3n) is 7.88. The Labute approximate surface area is 241 Å². The van der Waals surface area contributed by atoms with Crippen molar-refractivity contribution in [1.82, 2.24) is 4.57 Å². The van der Waals surface area contributed by atoms with Crippen LogP contribution in [0.5, 0.6) is 0 Å². The smallest absolute Gasteiger partial charge is 0.305 e. The normalized spacial score (nSPS) is 11.9. The second-order valence-electron chi connectivity index (χ2n) is 10.2. The van der Waals surface area contributed by atoms with Crippen molar-refractivity contribution >= 4 is 66.6 Å². The zero-order valence-corrected chi connectivity index (χ0v) is 23.3. The van der Waals surface area contributed by atoms with Gasteiger partial charge in [0.2, 0.25) is 5.78 Å². The van der Waals surface area contributed by atoms with E-state index in [-0.39, 0.29) is 24.3 Å². The molecule has 1 N–H and O–H groups in total. The summed E-state index contributed by atoms with van der Waals surface area (Å²) in [5, 5.41) is 18.1. The first-order valence-corrected chi connectivity index (χ1v) is 13.8. The number of Topliss-reactive ketones (excluding diaryl/α,β-unsaturated/α-hetero) is 1. The molecule has 0 aliphatic heterocycles. The summed E-state index contributed by atoms with van der Waals surface area (Å²) < 4.78 is 6.78. The number of fused-ring (bicyclic) bond motifs is 5. The van der Waals surface area contributed by atoms with Crippen LogP contribution >= 0.6 is 0 Å². The van der Waals surface area contributed by atoms with Crippen molar-refractivity contribution in [3.63, 3.8) is 0 Å². The molecular formula is C35H28N2O5. The number of hydrogen-bond acceptors (Lipinski definition) is 6. The summed E-state index contributed by atoms with van der Waals surface area (Å²) in [6.07, 6.45) is -0.123. The van der Waals surface area contributed by atoms with Crippen molar-refractivity contribution in [3.05, 3.63) is 108 Å². The average Bonchev–Trinajstić information content (AvgIpc) is 3.35. The van der Waals surface area contributed by atoms with Crippen LogP contribution in [0.3, 0.4) is 0 Å². The Kier molecular flexibility index (Phi) is 7.00. The molecule has 1 aromatic heterocycles. The van der Waals surface area contributed by atoms with Crippen LogP contribution in [0.2, 0.25) is 0 Å². The Hall–Kier alpha value is -5.30. The van der Waals surface area contributed by atoms with E-state index in [0.29, 0.717) is 23.2 Å². The topological polar surface area (TPSA) is 98.0 Å². The van der Waals surface area contributed by atoms with Crippen LogP contribution in [-0.4, -0.2) is 40.1 Å². The largest absolute Gasteiger partial charge is 0.469 e. The Morgan fingerprint density at radius 1 is 0.738 bits per heavy atom. The number of esters is 1. The highest BCUT2D eigenvalue weighted by molar-refractivity contribution is 6.46. The Morgan fingerprint density at radius 2 is 1.31 bits per heavy atom. The van der Waals surface area contributed by atoms with Gasteiger partial charge in [0.05, 0.1) is 13.5 Å². The molecule has 0 fully saturated rings. The molecule has 1 heterocycles. The van der Waals surface area contributed by atoms with Gasteiger partial charge in [-0.25, -0.2) is 0 Å². The first-order valence-electron chi connectivity index (χ1n) is 13.8. The number of hydrogen-bond donors (Lipinski definition) is 1. The number of benzene rings is 5. The van der Waals surface area contributed by atoms with Gasteiger partial charge >= 0.3 is 5.97 Å². The lowest BCUT2D eigenvalue weighted by molar-refractivity contribution is -0.140. The third-order valence-corrected chi connectivity index (χ3v) is 7.88. The molecule has 0 aliphatic carbocycles. The van der Waals surface area contributed by atoms with E-state index < -0.39 is 11.8 Å². The van der Waals surface area contributed by atoms with Gasteiger partial charge in [-0.1, -0.05) is 53.7 Å². The van der Waals surface area contributed by atoms with Gasteiger partial charge < -0.3 is 14.5 Å². The maximum Gasteiger partial charge on any atom is 0.305 e. The number of oxime groups is 1. The quantitative estimate of drug-likeness (QED) is 0.0529. The van der Waals surface area contributed by atoms with E-state index in [0.717, 1.165) is 43.4 Å². The molecule has 5 aromatic carbocycles.